The van der Waals surface area contributed by atoms with Gasteiger partial charge in [-0.05, 0) is 17.5 Å². The molecule has 1 amide bonds. The Labute approximate surface area is 118 Å². The van der Waals surface area contributed by atoms with Crippen molar-refractivity contribution in [3.05, 3.63) is 71.3 Å². The second-order valence-corrected chi connectivity index (χ2v) is 4.75. The van der Waals surface area contributed by atoms with Crippen LogP contribution in [0.2, 0.25) is 0 Å². The van der Waals surface area contributed by atoms with E-state index < -0.39 is 5.91 Å². The molecule has 0 atom stereocenters. The fourth-order valence-electron chi connectivity index (χ4n) is 2.02. The minimum absolute atomic E-state index is 0.0462. The van der Waals surface area contributed by atoms with Crippen LogP contribution in [-0.4, -0.2) is 11.7 Å². The zero-order valence-electron chi connectivity index (χ0n) is 11.2. The molecule has 0 saturated heterocycles. The lowest BCUT2D eigenvalue weighted by atomic mass is 10.0. The third kappa shape index (κ3) is 4.05. The molecular weight excluding hydrogens is 250 g/mol. The van der Waals surface area contributed by atoms with Gasteiger partial charge in [-0.3, -0.25) is 9.59 Å². The molecule has 0 spiro atoms. The third-order valence-corrected chi connectivity index (χ3v) is 3.13. The zero-order chi connectivity index (χ0) is 14.4. The van der Waals surface area contributed by atoms with Crippen molar-refractivity contribution in [2.75, 3.05) is 0 Å². The largest absolute Gasteiger partial charge is 0.370 e. The van der Waals surface area contributed by atoms with E-state index in [0.29, 0.717) is 5.56 Å². The lowest BCUT2D eigenvalue weighted by Gasteiger charge is -2.04. The smallest absolute Gasteiger partial charge is 0.217 e. The molecule has 2 aromatic carbocycles. The minimum atomic E-state index is -0.445. The summed E-state index contributed by atoms with van der Waals surface area (Å²) >= 11 is 0. The van der Waals surface area contributed by atoms with Crippen LogP contribution >= 0.6 is 0 Å². The Morgan fingerprint density at radius 2 is 1.40 bits per heavy atom. The van der Waals surface area contributed by atoms with E-state index in [-0.39, 0.29) is 18.6 Å². The van der Waals surface area contributed by atoms with Gasteiger partial charge in [0.1, 0.15) is 0 Å². The molecule has 3 nitrogen and oxygen atoms in total. The Morgan fingerprint density at radius 1 is 0.800 bits per heavy atom. The summed E-state index contributed by atoms with van der Waals surface area (Å²) in [5.74, 6) is -0.492. The number of Topliss-reactive ketones (excluding diaryl/α,β-unsaturated/α-hetero) is 1. The second kappa shape index (κ2) is 6.66. The highest BCUT2D eigenvalue weighted by molar-refractivity contribution is 5.97. The Bertz CT molecular complexity index is 588. The van der Waals surface area contributed by atoms with Gasteiger partial charge >= 0.3 is 0 Å². The number of ketones is 1. The third-order valence-electron chi connectivity index (χ3n) is 3.13. The van der Waals surface area contributed by atoms with Crippen LogP contribution in [0.1, 0.15) is 34.3 Å². The first-order valence-electron chi connectivity index (χ1n) is 6.59. The summed E-state index contributed by atoms with van der Waals surface area (Å²) in [6.07, 6.45) is 1.12. The van der Waals surface area contributed by atoms with E-state index in [9.17, 15) is 9.59 Å². The van der Waals surface area contributed by atoms with Gasteiger partial charge in [0.15, 0.2) is 5.78 Å². The van der Waals surface area contributed by atoms with Crippen molar-refractivity contribution in [3.63, 3.8) is 0 Å². The van der Waals surface area contributed by atoms with Crippen molar-refractivity contribution >= 4 is 11.7 Å². The van der Waals surface area contributed by atoms with Crippen LogP contribution in [0.15, 0.2) is 54.6 Å². The van der Waals surface area contributed by atoms with E-state index in [1.165, 1.54) is 5.56 Å². The summed E-state index contributed by atoms with van der Waals surface area (Å²) in [5, 5.41) is 0. The molecule has 0 saturated carbocycles. The molecule has 0 radical (unpaired) electrons. The number of hydrogen-bond acceptors (Lipinski definition) is 2. The topological polar surface area (TPSA) is 60.2 Å². The van der Waals surface area contributed by atoms with Crippen LogP contribution in [0.25, 0.3) is 0 Å². The van der Waals surface area contributed by atoms with Crippen molar-refractivity contribution in [2.24, 2.45) is 5.73 Å². The van der Waals surface area contributed by atoms with E-state index in [2.05, 4.69) is 12.1 Å². The van der Waals surface area contributed by atoms with Crippen LogP contribution in [0, 0.1) is 0 Å². The van der Waals surface area contributed by atoms with Crippen molar-refractivity contribution < 1.29 is 9.59 Å². The Hall–Kier alpha value is -2.42. The number of carbonyl (C=O) groups is 2. The van der Waals surface area contributed by atoms with Gasteiger partial charge in [0.2, 0.25) is 5.91 Å². The average Bonchev–Trinajstić information content (AvgIpc) is 2.46. The standard InChI is InChI=1S/C17H17NO2/c18-17(20)11-10-16(19)15-8-6-14(7-9-15)12-13-4-2-1-3-5-13/h1-9H,10-12H2,(H2,18,20). The Kier molecular flexibility index (Phi) is 4.66. The molecular formula is C17H17NO2. The molecule has 102 valence electrons. The number of hydrogen-bond donors (Lipinski definition) is 1. The molecule has 3 heteroatoms. The maximum Gasteiger partial charge on any atom is 0.217 e. The van der Waals surface area contributed by atoms with Gasteiger partial charge in [-0.2, -0.15) is 0 Å². The van der Waals surface area contributed by atoms with Crippen LogP contribution in [0.3, 0.4) is 0 Å². The molecule has 2 rings (SSSR count). The lowest BCUT2D eigenvalue weighted by Crippen LogP contribution is -2.12. The fraction of sp³-hybridized carbons (Fsp3) is 0.176. The quantitative estimate of drug-likeness (QED) is 0.818. The maximum atomic E-state index is 11.8. The van der Waals surface area contributed by atoms with Gasteiger partial charge in [-0.15, -0.1) is 0 Å². The van der Waals surface area contributed by atoms with Crippen molar-refractivity contribution in [1.82, 2.24) is 0 Å². The number of amides is 1. The van der Waals surface area contributed by atoms with Gasteiger partial charge in [0.05, 0.1) is 0 Å². The highest BCUT2D eigenvalue weighted by Crippen LogP contribution is 2.12. The van der Waals surface area contributed by atoms with Crippen molar-refractivity contribution in [1.29, 1.82) is 0 Å². The predicted octanol–water partition coefficient (Wildman–Crippen LogP) is 2.73. The Morgan fingerprint density at radius 3 is 2.00 bits per heavy atom. The van der Waals surface area contributed by atoms with Gasteiger partial charge < -0.3 is 5.73 Å². The van der Waals surface area contributed by atoms with Gasteiger partial charge in [-0.25, -0.2) is 0 Å². The molecule has 0 aliphatic rings. The summed E-state index contributed by atoms with van der Waals surface area (Å²) in [6.45, 7) is 0. The molecule has 2 N–H and O–H groups in total. The van der Waals surface area contributed by atoms with Crippen LogP contribution in [0.5, 0.6) is 0 Å². The molecule has 20 heavy (non-hydrogen) atoms. The molecule has 0 fully saturated rings. The summed E-state index contributed by atoms with van der Waals surface area (Å²) in [7, 11) is 0. The highest BCUT2D eigenvalue weighted by atomic mass is 16.1. The van der Waals surface area contributed by atoms with Crippen LogP contribution < -0.4 is 5.73 Å². The summed E-state index contributed by atoms with van der Waals surface area (Å²) in [5.41, 5.74) is 8.06. The van der Waals surface area contributed by atoms with E-state index in [4.69, 9.17) is 5.73 Å². The van der Waals surface area contributed by atoms with E-state index in [1.54, 1.807) is 0 Å². The molecule has 0 aromatic heterocycles. The van der Waals surface area contributed by atoms with E-state index >= 15 is 0 Å². The first-order valence-corrected chi connectivity index (χ1v) is 6.59. The van der Waals surface area contributed by atoms with Gasteiger partial charge in [0, 0.05) is 18.4 Å². The Balaban J connectivity index is 1.99. The molecule has 0 aliphatic carbocycles. The molecule has 0 unspecified atom stereocenters. The number of primary amides is 1. The minimum Gasteiger partial charge on any atom is -0.370 e. The van der Waals surface area contributed by atoms with Crippen molar-refractivity contribution in [3.8, 4) is 0 Å². The summed E-state index contributed by atoms with van der Waals surface area (Å²) in [6, 6.07) is 17.7. The maximum absolute atomic E-state index is 11.8. The highest BCUT2D eigenvalue weighted by Gasteiger charge is 2.07. The van der Waals surface area contributed by atoms with E-state index in [1.807, 2.05) is 42.5 Å². The average molecular weight is 267 g/mol. The SMILES string of the molecule is NC(=O)CCC(=O)c1ccc(Cc2ccccc2)cc1. The monoisotopic (exact) mass is 267 g/mol. The first kappa shape index (κ1) is 14.0. The lowest BCUT2D eigenvalue weighted by molar-refractivity contribution is -0.118. The van der Waals surface area contributed by atoms with E-state index in [0.717, 1.165) is 12.0 Å². The second-order valence-electron chi connectivity index (χ2n) is 4.75. The molecule has 2 aromatic rings. The van der Waals surface area contributed by atoms with Crippen molar-refractivity contribution in [2.45, 2.75) is 19.3 Å². The normalized spacial score (nSPS) is 10.2. The van der Waals surface area contributed by atoms with Crippen LogP contribution in [-0.2, 0) is 11.2 Å². The summed E-state index contributed by atoms with van der Waals surface area (Å²) in [4.78, 5) is 22.5. The predicted molar refractivity (Wildman–Crippen MR) is 78.4 cm³/mol. The molecule has 0 bridgehead atoms. The van der Waals surface area contributed by atoms with Gasteiger partial charge in [-0.1, -0.05) is 54.6 Å². The number of nitrogens with two attached hydrogens (primary N) is 1. The number of benzene rings is 2. The number of carbonyl (C=O) groups excluding carboxylic acids is 2. The number of rotatable bonds is 6. The summed E-state index contributed by atoms with van der Waals surface area (Å²) < 4.78 is 0. The van der Waals surface area contributed by atoms with Crippen LogP contribution in [0.4, 0.5) is 0 Å². The first-order chi connectivity index (χ1) is 9.65. The van der Waals surface area contributed by atoms with Gasteiger partial charge in [0.25, 0.3) is 0 Å². The molecule has 0 heterocycles. The fourth-order valence-corrected chi connectivity index (χ4v) is 2.02. The molecule has 0 aliphatic heterocycles. The zero-order valence-corrected chi connectivity index (χ0v) is 11.2.